The van der Waals surface area contributed by atoms with Gasteiger partial charge in [0.25, 0.3) is 10.0 Å². The van der Waals surface area contributed by atoms with Crippen LogP contribution in [0.15, 0.2) is 62.2 Å². The molecule has 0 unspecified atom stereocenters. The average Bonchev–Trinajstić information content (AvgIpc) is 3.09. The minimum Gasteiger partial charge on any atom is -0.508 e. The standard InChI is InChI=1S/C24H29N3O5S/c1-4-5-6-7-8-18-13-21(23(29)14-22(18)28)26-25-19-9-11-20(12-10-19)33(30,31)27-24-17(3)16(2)15-32-24/h9-15,27-29H,4-8H2,1-3H3. The minimum absolute atomic E-state index is 0.0343. The molecule has 3 N–H and O–H groups in total. The predicted molar refractivity (Wildman–Crippen MR) is 127 cm³/mol. The summed E-state index contributed by atoms with van der Waals surface area (Å²) in [6, 6.07) is 8.75. The Bertz CT molecular complexity index is 1230. The van der Waals surface area contributed by atoms with E-state index in [1.54, 1.807) is 13.0 Å². The molecule has 8 nitrogen and oxygen atoms in total. The van der Waals surface area contributed by atoms with Crippen molar-refractivity contribution in [3.05, 3.63) is 59.4 Å². The van der Waals surface area contributed by atoms with Crippen LogP contribution >= 0.6 is 0 Å². The number of hydrogen-bond acceptors (Lipinski definition) is 7. The van der Waals surface area contributed by atoms with E-state index in [9.17, 15) is 18.6 Å². The van der Waals surface area contributed by atoms with Gasteiger partial charge in [0, 0.05) is 11.6 Å². The second kappa shape index (κ2) is 10.5. The third-order valence-electron chi connectivity index (χ3n) is 5.41. The molecule has 33 heavy (non-hydrogen) atoms. The van der Waals surface area contributed by atoms with Gasteiger partial charge in [0.1, 0.15) is 17.2 Å². The number of aromatic hydroxyl groups is 2. The Morgan fingerprint density at radius 1 is 0.970 bits per heavy atom. The van der Waals surface area contributed by atoms with E-state index in [0.29, 0.717) is 17.7 Å². The van der Waals surface area contributed by atoms with E-state index in [0.717, 1.165) is 36.8 Å². The van der Waals surface area contributed by atoms with Crippen molar-refractivity contribution in [1.82, 2.24) is 0 Å². The van der Waals surface area contributed by atoms with Crippen LogP contribution in [0.1, 0.15) is 49.3 Å². The number of sulfonamides is 1. The van der Waals surface area contributed by atoms with E-state index < -0.39 is 10.0 Å². The number of benzene rings is 2. The minimum atomic E-state index is -3.82. The Labute approximate surface area is 194 Å². The first kappa shape index (κ1) is 24.3. The summed E-state index contributed by atoms with van der Waals surface area (Å²) in [5.41, 5.74) is 2.93. The van der Waals surface area contributed by atoms with Gasteiger partial charge in [-0.2, -0.15) is 5.11 Å². The number of rotatable bonds is 10. The van der Waals surface area contributed by atoms with Crippen molar-refractivity contribution in [2.45, 2.75) is 57.8 Å². The molecule has 3 aromatic rings. The molecule has 0 bridgehead atoms. The number of furan rings is 1. The van der Waals surface area contributed by atoms with E-state index in [2.05, 4.69) is 21.9 Å². The number of hydrogen-bond donors (Lipinski definition) is 3. The van der Waals surface area contributed by atoms with Crippen molar-refractivity contribution >= 4 is 27.3 Å². The molecule has 0 amide bonds. The van der Waals surface area contributed by atoms with Crippen LogP contribution in [0.4, 0.5) is 17.3 Å². The molecule has 0 aliphatic carbocycles. The van der Waals surface area contributed by atoms with Crippen LogP contribution in [0.3, 0.4) is 0 Å². The van der Waals surface area contributed by atoms with Crippen LogP contribution in [0.25, 0.3) is 0 Å². The molecule has 1 aromatic heterocycles. The van der Waals surface area contributed by atoms with Crippen molar-refractivity contribution in [1.29, 1.82) is 0 Å². The van der Waals surface area contributed by atoms with Gasteiger partial charge in [-0.15, -0.1) is 5.11 Å². The lowest BCUT2D eigenvalue weighted by molar-refractivity contribution is 0.445. The lowest BCUT2D eigenvalue weighted by Crippen LogP contribution is -2.12. The summed E-state index contributed by atoms with van der Waals surface area (Å²) < 4.78 is 32.9. The van der Waals surface area contributed by atoms with E-state index in [1.807, 2.05) is 6.92 Å². The first-order chi connectivity index (χ1) is 15.7. The van der Waals surface area contributed by atoms with Gasteiger partial charge < -0.3 is 14.6 Å². The van der Waals surface area contributed by atoms with Gasteiger partial charge in [-0.3, -0.25) is 0 Å². The van der Waals surface area contributed by atoms with E-state index >= 15 is 0 Å². The van der Waals surface area contributed by atoms with Crippen LogP contribution in [0.5, 0.6) is 11.5 Å². The summed E-state index contributed by atoms with van der Waals surface area (Å²) in [5.74, 6) is 0.0395. The number of azo groups is 1. The van der Waals surface area contributed by atoms with Crippen molar-refractivity contribution in [3.8, 4) is 11.5 Å². The summed E-state index contributed by atoms with van der Waals surface area (Å²) in [6.45, 7) is 5.74. The molecule has 0 spiro atoms. The zero-order valence-electron chi connectivity index (χ0n) is 19.0. The molecule has 0 fully saturated rings. The highest BCUT2D eigenvalue weighted by atomic mass is 32.2. The van der Waals surface area contributed by atoms with Crippen molar-refractivity contribution in [2.75, 3.05) is 4.72 Å². The highest BCUT2D eigenvalue weighted by Crippen LogP contribution is 2.35. The molecule has 176 valence electrons. The number of phenols is 2. The summed E-state index contributed by atoms with van der Waals surface area (Å²) in [5, 5.41) is 28.4. The summed E-state index contributed by atoms with van der Waals surface area (Å²) in [7, 11) is -3.82. The fraction of sp³-hybridized carbons (Fsp3) is 0.333. The number of aryl methyl sites for hydroxylation is 2. The van der Waals surface area contributed by atoms with Crippen molar-refractivity contribution < 1.29 is 23.0 Å². The molecule has 2 aromatic carbocycles. The Kier molecular flexibility index (Phi) is 7.75. The highest BCUT2D eigenvalue weighted by molar-refractivity contribution is 7.92. The van der Waals surface area contributed by atoms with Crippen LogP contribution < -0.4 is 4.72 Å². The van der Waals surface area contributed by atoms with E-state index in [4.69, 9.17) is 4.42 Å². The van der Waals surface area contributed by atoms with Crippen molar-refractivity contribution in [2.24, 2.45) is 10.2 Å². The average molecular weight is 472 g/mol. The molecular formula is C24H29N3O5S. The molecule has 0 aliphatic rings. The fourth-order valence-electron chi connectivity index (χ4n) is 3.22. The molecule has 0 aliphatic heterocycles. The molecule has 9 heteroatoms. The second-order valence-corrected chi connectivity index (χ2v) is 9.63. The smallest absolute Gasteiger partial charge is 0.264 e. The predicted octanol–water partition coefficient (Wildman–Crippen LogP) is 6.65. The molecule has 1 heterocycles. The molecule has 0 saturated heterocycles. The highest BCUT2D eigenvalue weighted by Gasteiger charge is 2.18. The molecule has 0 saturated carbocycles. The number of anilines is 1. The maximum Gasteiger partial charge on any atom is 0.264 e. The zero-order chi connectivity index (χ0) is 24.0. The Balaban J connectivity index is 1.72. The molecule has 0 radical (unpaired) electrons. The number of phenolic OH excluding ortho intramolecular Hbond substituents is 2. The van der Waals surface area contributed by atoms with E-state index in [1.165, 1.54) is 36.6 Å². The fourth-order valence-corrected chi connectivity index (χ4v) is 4.28. The third kappa shape index (κ3) is 6.13. The van der Waals surface area contributed by atoms with Gasteiger partial charge >= 0.3 is 0 Å². The molecule has 0 atom stereocenters. The van der Waals surface area contributed by atoms with Crippen molar-refractivity contribution in [3.63, 3.8) is 0 Å². The Morgan fingerprint density at radius 3 is 2.33 bits per heavy atom. The van der Waals surface area contributed by atoms with Gasteiger partial charge in [-0.1, -0.05) is 26.2 Å². The lowest BCUT2D eigenvalue weighted by atomic mass is 10.0. The zero-order valence-corrected chi connectivity index (χ0v) is 19.8. The summed E-state index contributed by atoms with van der Waals surface area (Å²) >= 11 is 0. The maximum absolute atomic E-state index is 12.6. The van der Waals surface area contributed by atoms with Gasteiger partial charge in [0.2, 0.25) is 5.88 Å². The maximum atomic E-state index is 12.6. The van der Waals surface area contributed by atoms with Crippen LogP contribution in [-0.4, -0.2) is 18.6 Å². The van der Waals surface area contributed by atoms with Gasteiger partial charge in [-0.05, 0) is 68.1 Å². The largest absolute Gasteiger partial charge is 0.508 e. The Morgan fingerprint density at radius 2 is 1.70 bits per heavy atom. The van der Waals surface area contributed by atoms with Crippen LogP contribution in [0, 0.1) is 13.8 Å². The second-order valence-electron chi connectivity index (χ2n) is 7.95. The monoisotopic (exact) mass is 471 g/mol. The van der Waals surface area contributed by atoms with Gasteiger partial charge in [0.15, 0.2) is 0 Å². The number of nitrogens with zero attached hydrogens (tertiary/aromatic N) is 2. The quantitative estimate of drug-likeness (QED) is 0.226. The first-order valence-electron chi connectivity index (χ1n) is 10.9. The molecular weight excluding hydrogens is 442 g/mol. The third-order valence-corrected chi connectivity index (χ3v) is 6.76. The number of nitrogens with one attached hydrogen (secondary N) is 1. The topological polar surface area (TPSA) is 124 Å². The van der Waals surface area contributed by atoms with E-state index in [-0.39, 0.29) is 28.0 Å². The van der Waals surface area contributed by atoms with Crippen LogP contribution in [-0.2, 0) is 16.4 Å². The summed E-state index contributed by atoms with van der Waals surface area (Å²) in [4.78, 5) is 0.0525. The van der Waals surface area contributed by atoms with Crippen LogP contribution in [0.2, 0.25) is 0 Å². The van der Waals surface area contributed by atoms with Gasteiger partial charge in [-0.25, -0.2) is 13.1 Å². The first-order valence-corrected chi connectivity index (χ1v) is 12.3. The normalized spacial score (nSPS) is 11.8. The SMILES string of the molecule is CCCCCCc1cc(N=Nc2ccc(S(=O)(=O)Nc3occ(C)c3C)cc2)c(O)cc1O. The lowest BCUT2D eigenvalue weighted by Gasteiger charge is -2.07. The number of unbranched alkanes of at least 4 members (excludes halogenated alkanes) is 3. The molecule has 3 rings (SSSR count). The summed E-state index contributed by atoms with van der Waals surface area (Å²) in [6.07, 6.45) is 6.43. The van der Waals surface area contributed by atoms with Gasteiger partial charge in [0.05, 0.1) is 16.8 Å². The Hall–Kier alpha value is -3.33.